The Kier molecular flexibility index (Phi) is 7.99. The first-order chi connectivity index (χ1) is 13.5. The van der Waals surface area contributed by atoms with Crippen molar-refractivity contribution in [2.45, 2.75) is 23.7 Å². The summed E-state index contributed by atoms with van der Waals surface area (Å²) < 4.78 is 34.9. The fourth-order valence-electron chi connectivity index (χ4n) is 2.25. The summed E-state index contributed by atoms with van der Waals surface area (Å²) in [6.45, 7) is 0. The summed E-state index contributed by atoms with van der Waals surface area (Å²) in [4.78, 5) is 38.9. The number of methoxy groups -OCH3 is 3. The summed E-state index contributed by atoms with van der Waals surface area (Å²) in [6, 6.07) is 3.31. The van der Waals surface area contributed by atoms with Gasteiger partial charge in [-0.25, -0.2) is 14.4 Å². The second kappa shape index (κ2) is 10.4. The lowest BCUT2D eigenvalue weighted by Crippen LogP contribution is -2.56. The minimum absolute atomic E-state index is 0.155. The van der Waals surface area contributed by atoms with Gasteiger partial charge in [0.1, 0.15) is 5.75 Å². The van der Waals surface area contributed by atoms with Crippen molar-refractivity contribution in [3.05, 3.63) is 24.5 Å². The van der Waals surface area contributed by atoms with Gasteiger partial charge in [-0.2, -0.15) is 0 Å². The van der Waals surface area contributed by atoms with Crippen LogP contribution in [-0.2, 0) is 28.4 Å². The number of pyridine rings is 1. The van der Waals surface area contributed by atoms with Crippen LogP contribution in [0.4, 0.5) is 14.4 Å². The molecular formula is C16H19NO10S. The van der Waals surface area contributed by atoms with Crippen molar-refractivity contribution in [3.63, 3.8) is 0 Å². The highest BCUT2D eigenvalue weighted by Crippen LogP contribution is 2.34. The van der Waals surface area contributed by atoms with Crippen LogP contribution < -0.4 is 4.74 Å². The lowest BCUT2D eigenvalue weighted by Gasteiger charge is -2.39. The molecule has 28 heavy (non-hydrogen) atoms. The molecule has 1 saturated heterocycles. The Morgan fingerprint density at radius 3 is 2.14 bits per heavy atom. The van der Waals surface area contributed by atoms with Gasteiger partial charge in [0.15, 0.2) is 23.7 Å². The SMILES string of the molecule is COC(=O)O[C@@H]1[C@@H](OC(=O)OC)[C@H](OC(=O)OC)CS[C@H]1Oc1cccnc1. The molecule has 2 heterocycles. The van der Waals surface area contributed by atoms with Crippen LogP contribution in [0.25, 0.3) is 0 Å². The Hall–Kier alpha value is -2.89. The van der Waals surface area contributed by atoms with E-state index in [1.54, 1.807) is 18.3 Å². The fourth-order valence-corrected chi connectivity index (χ4v) is 3.47. The summed E-state index contributed by atoms with van der Waals surface area (Å²) in [7, 11) is 3.36. The number of aromatic nitrogens is 1. The van der Waals surface area contributed by atoms with E-state index in [0.717, 1.165) is 21.3 Å². The minimum atomic E-state index is -1.24. The van der Waals surface area contributed by atoms with E-state index in [-0.39, 0.29) is 5.75 Å². The van der Waals surface area contributed by atoms with E-state index in [0.29, 0.717) is 5.75 Å². The fraction of sp³-hybridized carbons (Fsp3) is 0.500. The number of hydrogen-bond acceptors (Lipinski definition) is 12. The highest BCUT2D eigenvalue weighted by Gasteiger charge is 2.49. The molecule has 0 spiro atoms. The molecule has 1 aliphatic rings. The van der Waals surface area contributed by atoms with Gasteiger partial charge in [0.05, 0.1) is 27.5 Å². The lowest BCUT2D eigenvalue weighted by molar-refractivity contribution is -0.116. The van der Waals surface area contributed by atoms with Crippen LogP contribution in [0, 0.1) is 0 Å². The van der Waals surface area contributed by atoms with Gasteiger partial charge in [-0.15, -0.1) is 11.8 Å². The molecule has 11 nitrogen and oxygen atoms in total. The molecular weight excluding hydrogens is 398 g/mol. The monoisotopic (exact) mass is 417 g/mol. The third kappa shape index (κ3) is 5.81. The normalized spacial score (nSPS) is 23.7. The van der Waals surface area contributed by atoms with Crippen molar-refractivity contribution in [2.75, 3.05) is 27.1 Å². The largest absolute Gasteiger partial charge is 0.508 e. The van der Waals surface area contributed by atoms with E-state index in [9.17, 15) is 14.4 Å². The Morgan fingerprint density at radius 2 is 1.57 bits per heavy atom. The zero-order valence-electron chi connectivity index (χ0n) is 15.3. The molecule has 12 heteroatoms. The smallest absolute Gasteiger partial charge is 0.474 e. The minimum Gasteiger partial charge on any atom is -0.474 e. The first-order valence-corrected chi connectivity index (χ1v) is 8.95. The Balaban J connectivity index is 2.28. The quantitative estimate of drug-likeness (QED) is 0.513. The number of carbonyl (C=O) groups excluding carboxylic acids is 3. The predicted octanol–water partition coefficient (Wildman–Crippen LogP) is 1.99. The van der Waals surface area contributed by atoms with Gasteiger partial charge in [0, 0.05) is 11.9 Å². The lowest BCUT2D eigenvalue weighted by atomic mass is 10.1. The summed E-state index contributed by atoms with van der Waals surface area (Å²) in [6.07, 6.45) is -3.51. The topological polar surface area (TPSA) is 129 Å². The molecule has 0 saturated carbocycles. The van der Waals surface area contributed by atoms with Gasteiger partial charge in [-0.3, -0.25) is 4.98 Å². The number of ether oxygens (including phenoxy) is 7. The summed E-state index contributed by atoms with van der Waals surface area (Å²) in [5.74, 6) is 0.547. The molecule has 1 aliphatic heterocycles. The zero-order chi connectivity index (χ0) is 20.5. The van der Waals surface area contributed by atoms with E-state index in [2.05, 4.69) is 19.2 Å². The van der Waals surface area contributed by atoms with E-state index in [4.69, 9.17) is 18.9 Å². The third-order valence-electron chi connectivity index (χ3n) is 3.48. The second-order valence-corrected chi connectivity index (χ2v) is 6.32. The van der Waals surface area contributed by atoms with Crippen LogP contribution in [0.3, 0.4) is 0 Å². The van der Waals surface area contributed by atoms with Crippen molar-refractivity contribution >= 4 is 30.2 Å². The average molecular weight is 417 g/mol. The Morgan fingerprint density at radius 1 is 0.964 bits per heavy atom. The van der Waals surface area contributed by atoms with Gasteiger partial charge in [-0.05, 0) is 12.1 Å². The summed E-state index contributed by atoms with van der Waals surface area (Å²) in [5, 5.41) is 0. The van der Waals surface area contributed by atoms with Crippen LogP contribution in [-0.4, -0.2) is 74.3 Å². The van der Waals surface area contributed by atoms with Crippen LogP contribution in [0.1, 0.15) is 0 Å². The molecule has 0 bridgehead atoms. The van der Waals surface area contributed by atoms with Gasteiger partial charge in [-0.1, -0.05) is 0 Å². The van der Waals surface area contributed by atoms with Crippen molar-refractivity contribution in [1.29, 1.82) is 0 Å². The summed E-state index contributed by atoms with van der Waals surface area (Å²) in [5.41, 5.74) is -0.824. The molecule has 1 aromatic rings. The number of hydrogen-bond donors (Lipinski definition) is 0. The maximum absolute atomic E-state index is 11.7. The van der Waals surface area contributed by atoms with E-state index >= 15 is 0 Å². The predicted molar refractivity (Wildman–Crippen MR) is 92.9 cm³/mol. The van der Waals surface area contributed by atoms with Crippen molar-refractivity contribution in [2.24, 2.45) is 0 Å². The molecule has 0 radical (unpaired) electrons. The average Bonchev–Trinajstić information content (AvgIpc) is 2.72. The number of thioether (sulfide) groups is 1. The van der Waals surface area contributed by atoms with E-state index in [1.807, 2.05) is 0 Å². The molecule has 1 aromatic heterocycles. The highest BCUT2D eigenvalue weighted by molar-refractivity contribution is 7.99. The maximum Gasteiger partial charge on any atom is 0.508 e. The number of nitrogens with zero attached hydrogens (tertiary/aromatic N) is 1. The van der Waals surface area contributed by atoms with Crippen molar-refractivity contribution < 1.29 is 47.5 Å². The standard InChI is InChI=1S/C16H19NO10S/c1-21-14(18)25-10-8-28-13(24-9-5-4-6-17-7-9)12(27-16(20)23-3)11(10)26-15(19)22-2/h4-7,10-13H,8H2,1-3H3/t10-,11+,12-,13-/m1/s1. The first kappa shape index (κ1) is 21.4. The number of carbonyl (C=O) groups is 3. The highest BCUT2D eigenvalue weighted by atomic mass is 32.2. The van der Waals surface area contributed by atoms with Crippen LogP contribution >= 0.6 is 11.8 Å². The van der Waals surface area contributed by atoms with Gasteiger partial charge in [0.2, 0.25) is 0 Å². The molecule has 0 aliphatic carbocycles. The van der Waals surface area contributed by atoms with Gasteiger partial charge in [0.25, 0.3) is 0 Å². The molecule has 1 fully saturated rings. The molecule has 0 N–H and O–H groups in total. The first-order valence-electron chi connectivity index (χ1n) is 7.90. The maximum atomic E-state index is 11.7. The second-order valence-electron chi connectivity index (χ2n) is 5.19. The summed E-state index contributed by atoms with van der Waals surface area (Å²) >= 11 is 1.17. The molecule has 0 aromatic carbocycles. The Labute approximate surface area is 164 Å². The Bertz CT molecular complexity index is 673. The van der Waals surface area contributed by atoms with Crippen molar-refractivity contribution in [1.82, 2.24) is 4.98 Å². The van der Waals surface area contributed by atoms with Crippen LogP contribution in [0.5, 0.6) is 5.75 Å². The molecule has 0 unspecified atom stereocenters. The van der Waals surface area contributed by atoms with Crippen molar-refractivity contribution in [3.8, 4) is 5.75 Å². The van der Waals surface area contributed by atoms with Crippen LogP contribution in [0.15, 0.2) is 24.5 Å². The van der Waals surface area contributed by atoms with Gasteiger partial charge >= 0.3 is 18.5 Å². The van der Waals surface area contributed by atoms with E-state index in [1.165, 1.54) is 18.0 Å². The molecule has 0 amide bonds. The van der Waals surface area contributed by atoms with E-state index < -0.39 is 42.2 Å². The van der Waals surface area contributed by atoms with Crippen LogP contribution in [0.2, 0.25) is 0 Å². The number of rotatable bonds is 5. The van der Waals surface area contributed by atoms with Gasteiger partial charge < -0.3 is 33.2 Å². The molecule has 154 valence electrons. The molecule has 2 rings (SSSR count). The third-order valence-corrected chi connectivity index (χ3v) is 4.70. The zero-order valence-corrected chi connectivity index (χ0v) is 16.1. The molecule has 4 atom stereocenters.